The fourth-order valence-corrected chi connectivity index (χ4v) is 1.34. The van der Waals surface area contributed by atoms with Crippen LogP contribution < -0.4 is 10.6 Å². The second-order valence-electron chi connectivity index (χ2n) is 4.35. The number of anilines is 1. The molecule has 0 aliphatic carbocycles. The maximum Gasteiger partial charge on any atom is 0.267 e. The van der Waals surface area contributed by atoms with E-state index in [9.17, 15) is 4.79 Å². The Balaban J connectivity index is 2.71. The molecule has 0 spiro atoms. The van der Waals surface area contributed by atoms with Crippen LogP contribution in [0.25, 0.3) is 0 Å². The van der Waals surface area contributed by atoms with E-state index >= 15 is 0 Å². The molecule has 0 radical (unpaired) electrons. The molecule has 0 aliphatic rings. The van der Waals surface area contributed by atoms with E-state index in [0.717, 1.165) is 18.8 Å². The fraction of sp³-hybridized carbons (Fsp3) is 0.500. The van der Waals surface area contributed by atoms with Gasteiger partial charge in [0.2, 0.25) is 0 Å². The summed E-state index contributed by atoms with van der Waals surface area (Å²) < 4.78 is 0. The Hall–Kier alpha value is -1.58. The van der Waals surface area contributed by atoms with Gasteiger partial charge < -0.3 is 10.6 Å². The monoisotopic (exact) mass is 221 g/mol. The van der Waals surface area contributed by atoms with Crippen molar-refractivity contribution in [2.45, 2.75) is 20.3 Å². The summed E-state index contributed by atoms with van der Waals surface area (Å²) in [5, 5.41) is 0. The Morgan fingerprint density at radius 2 is 2.19 bits per heavy atom. The van der Waals surface area contributed by atoms with Crippen molar-refractivity contribution in [3.63, 3.8) is 0 Å². The average Bonchev–Trinajstić information content (AvgIpc) is 2.26. The molecule has 1 aromatic heterocycles. The Morgan fingerprint density at radius 3 is 2.75 bits per heavy atom. The summed E-state index contributed by atoms with van der Waals surface area (Å²) >= 11 is 0. The minimum atomic E-state index is -0.487. The van der Waals surface area contributed by atoms with E-state index < -0.39 is 5.91 Å². The lowest BCUT2D eigenvalue weighted by Gasteiger charge is -2.19. The van der Waals surface area contributed by atoms with Crippen LogP contribution in [0, 0.1) is 5.92 Å². The van der Waals surface area contributed by atoms with Gasteiger partial charge in [-0.25, -0.2) is 4.98 Å². The minimum absolute atomic E-state index is 0.314. The van der Waals surface area contributed by atoms with Gasteiger partial charge in [0.1, 0.15) is 11.5 Å². The quantitative estimate of drug-likeness (QED) is 0.822. The highest BCUT2D eigenvalue weighted by molar-refractivity contribution is 5.91. The van der Waals surface area contributed by atoms with Crippen molar-refractivity contribution in [1.29, 1.82) is 0 Å². The molecule has 1 aromatic rings. The van der Waals surface area contributed by atoms with E-state index in [1.165, 1.54) is 0 Å². The van der Waals surface area contributed by atoms with Crippen molar-refractivity contribution in [2.24, 2.45) is 11.7 Å². The number of amides is 1. The van der Waals surface area contributed by atoms with Crippen LogP contribution in [-0.4, -0.2) is 24.5 Å². The summed E-state index contributed by atoms with van der Waals surface area (Å²) in [6, 6.07) is 5.31. The first-order valence-electron chi connectivity index (χ1n) is 5.48. The highest BCUT2D eigenvalue weighted by Gasteiger charge is 2.07. The molecule has 0 aliphatic heterocycles. The number of primary amides is 1. The molecular formula is C12H19N3O. The fourth-order valence-electron chi connectivity index (χ4n) is 1.34. The van der Waals surface area contributed by atoms with Crippen molar-refractivity contribution in [3.05, 3.63) is 23.9 Å². The maximum absolute atomic E-state index is 11.0. The molecule has 1 heterocycles. The predicted octanol–water partition coefficient (Wildman–Crippen LogP) is 1.66. The summed E-state index contributed by atoms with van der Waals surface area (Å²) in [6.45, 7) is 5.29. The molecule has 1 rings (SSSR count). The number of hydrogen-bond donors (Lipinski definition) is 1. The van der Waals surface area contributed by atoms with Crippen LogP contribution in [0.1, 0.15) is 30.8 Å². The van der Waals surface area contributed by atoms with Gasteiger partial charge in [-0.15, -0.1) is 0 Å². The Bertz CT molecular complexity index is 363. The number of nitrogens with two attached hydrogens (primary N) is 1. The number of rotatable bonds is 5. The van der Waals surface area contributed by atoms with Gasteiger partial charge >= 0.3 is 0 Å². The van der Waals surface area contributed by atoms with E-state index in [1.54, 1.807) is 12.1 Å². The van der Waals surface area contributed by atoms with E-state index in [-0.39, 0.29) is 0 Å². The smallest absolute Gasteiger partial charge is 0.267 e. The molecule has 1 amide bonds. The van der Waals surface area contributed by atoms with Crippen LogP contribution >= 0.6 is 0 Å². The third kappa shape index (κ3) is 3.53. The second-order valence-corrected chi connectivity index (χ2v) is 4.35. The molecule has 4 nitrogen and oxygen atoms in total. The zero-order valence-corrected chi connectivity index (χ0v) is 10.1. The first kappa shape index (κ1) is 12.5. The van der Waals surface area contributed by atoms with E-state index in [1.807, 2.05) is 18.0 Å². The standard InChI is InChI=1S/C12H19N3O/c1-9(2)7-8-15(3)11-6-4-5-10(14-11)12(13)16/h4-6,9H,7-8H2,1-3H3,(H2,13,16). The summed E-state index contributed by atoms with van der Waals surface area (Å²) in [7, 11) is 1.97. The largest absolute Gasteiger partial charge is 0.364 e. The van der Waals surface area contributed by atoms with Gasteiger partial charge in [-0.3, -0.25) is 4.79 Å². The molecule has 4 heteroatoms. The van der Waals surface area contributed by atoms with Crippen LogP contribution in [0.5, 0.6) is 0 Å². The van der Waals surface area contributed by atoms with Crippen LogP contribution in [0.3, 0.4) is 0 Å². The predicted molar refractivity (Wildman–Crippen MR) is 65.5 cm³/mol. The molecular weight excluding hydrogens is 202 g/mol. The van der Waals surface area contributed by atoms with Crippen LogP contribution in [0.4, 0.5) is 5.82 Å². The van der Waals surface area contributed by atoms with Crippen molar-refractivity contribution in [2.75, 3.05) is 18.5 Å². The van der Waals surface area contributed by atoms with Gasteiger partial charge in [0.25, 0.3) is 5.91 Å². The molecule has 0 unspecified atom stereocenters. The van der Waals surface area contributed by atoms with Gasteiger partial charge in [-0.2, -0.15) is 0 Å². The molecule has 0 atom stereocenters. The zero-order chi connectivity index (χ0) is 12.1. The SMILES string of the molecule is CC(C)CCN(C)c1cccc(C(N)=O)n1. The van der Waals surface area contributed by atoms with E-state index in [0.29, 0.717) is 11.6 Å². The van der Waals surface area contributed by atoms with Crippen molar-refractivity contribution >= 4 is 11.7 Å². The molecule has 0 bridgehead atoms. The number of carbonyl (C=O) groups is 1. The highest BCUT2D eigenvalue weighted by atomic mass is 16.1. The molecule has 0 fully saturated rings. The molecule has 2 N–H and O–H groups in total. The molecule has 0 saturated heterocycles. The Kier molecular flexibility index (Phi) is 4.28. The lowest BCUT2D eigenvalue weighted by Crippen LogP contribution is -2.22. The number of hydrogen-bond acceptors (Lipinski definition) is 3. The molecule has 0 aromatic carbocycles. The third-order valence-corrected chi connectivity index (χ3v) is 2.42. The number of pyridine rings is 1. The summed E-state index contributed by atoms with van der Waals surface area (Å²) in [6.07, 6.45) is 1.10. The van der Waals surface area contributed by atoms with Crippen LogP contribution in [0.2, 0.25) is 0 Å². The minimum Gasteiger partial charge on any atom is -0.364 e. The van der Waals surface area contributed by atoms with E-state index in [4.69, 9.17) is 5.73 Å². The Morgan fingerprint density at radius 1 is 1.50 bits per heavy atom. The summed E-state index contributed by atoms with van der Waals surface area (Å²) in [4.78, 5) is 17.2. The number of nitrogens with zero attached hydrogens (tertiary/aromatic N) is 2. The van der Waals surface area contributed by atoms with Crippen molar-refractivity contribution in [1.82, 2.24) is 4.98 Å². The maximum atomic E-state index is 11.0. The number of aromatic nitrogens is 1. The van der Waals surface area contributed by atoms with Crippen molar-refractivity contribution < 1.29 is 4.79 Å². The molecule has 16 heavy (non-hydrogen) atoms. The first-order valence-corrected chi connectivity index (χ1v) is 5.48. The topological polar surface area (TPSA) is 59.2 Å². The van der Waals surface area contributed by atoms with Gasteiger partial charge in [-0.1, -0.05) is 19.9 Å². The third-order valence-electron chi connectivity index (χ3n) is 2.42. The van der Waals surface area contributed by atoms with Gasteiger partial charge in [0.05, 0.1) is 0 Å². The number of carbonyl (C=O) groups excluding carboxylic acids is 1. The normalized spacial score (nSPS) is 10.5. The van der Waals surface area contributed by atoms with Gasteiger partial charge in [0.15, 0.2) is 0 Å². The first-order chi connectivity index (χ1) is 7.50. The molecule has 88 valence electrons. The highest BCUT2D eigenvalue weighted by Crippen LogP contribution is 2.11. The molecule has 0 saturated carbocycles. The second kappa shape index (κ2) is 5.49. The van der Waals surface area contributed by atoms with Gasteiger partial charge in [0, 0.05) is 13.6 Å². The van der Waals surface area contributed by atoms with Gasteiger partial charge in [-0.05, 0) is 24.5 Å². The van der Waals surface area contributed by atoms with Crippen LogP contribution in [0.15, 0.2) is 18.2 Å². The summed E-state index contributed by atoms with van der Waals surface area (Å²) in [5.74, 6) is 0.956. The lowest BCUT2D eigenvalue weighted by atomic mass is 10.1. The van der Waals surface area contributed by atoms with E-state index in [2.05, 4.69) is 18.8 Å². The Labute approximate surface area is 96.5 Å². The lowest BCUT2D eigenvalue weighted by molar-refractivity contribution is 0.0995. The zero-order valence-electron chi connectivity index (χ0n) is 10.1. The average molecular weight is 221 g/mol. The summed E-state index contributed by atoms with van der Waals surface area (Å²) in [5.41, 5.74) is 5.50. The van der Waals surface area contributed by atoms with Crippen LogP contribution in [-0.2, 0) is 0 Å². The van der Waals surface area contributed by atoms with Crippen molar-refractivity contribution in [3.8, 4) is 0 Å².